The van der Waals surface area contributed by atoms with Gasteiger partial charge in [-0.05, 0) is 71.3 Å². The molecule has 0 spiro atoms. The van der Waals surface area contributed by atoms with Gasteiger partial charge in [0.15, 0.2) is 0 Å². The maximum Gasteiger partial charge on any atom is 0.143 e. The molecule has 11 aromatic rings. The molecular weight excluding hydrogens is 621 g/mol. The molecule has 0 fully saturated rings. The van der Waals surface area contributed by atoms with Crippen LogP contribution in [0, 0.1) is 0 Å². The summed E-state index contributed by atoms with van der Waals surface area (Å²) in [6.07, 6.45) is 0. The molecule has 0 saturated carbocycles. The second kappa shape index (κ2) is 10.8. The first-order valence-electron chi connectivity index (χ1n) is 17.4. The molecule has 8 aromatic carbocycles. The van der Waals surface area contributed by atoms with Crippen molar-refractivity contribution in [2.24, 2.45) is 0 Å². The summed E-state index contributed by atoms with van der Waals surface area (Å²) in [6.45, 7) is 0. The zero-order valence-electron chi connectivity index (χ0n) is 27.6. The summed E-state index contributed by atoms with van der Waals surface area (Å²) in [4.78, 5) is 0. The number of rotatable bonds is 4. The molecule has 0 N–H and O–H groups in total. The van der Waals surface area contributed by atoms with E-state index in [0.29, 0.717) is 0 Å². The molecule has 3 heteroatoms. The van der Waals surface area contributed by atoms with Crippen LogP contribution in [0.3, 0.4) is 0 Å². The second-order valence-corrected chi connectivity index (χ2v) is 13.3. The molecule has 0 aliphatic heterocycles. The van der Waals surface area contributed by atoms with Crippen LogP contribution in [0.15, 0.2) is 186 Å². The summed E-state index contributed by atoms with van der Waals surface area (Å²) >= 11 is 0. The minimum atomic E-state index is 0.920. The van der Waals surface area contributed by atoms with Gasteiger partial charge in [0, 0.05) is 49.3 Å². The largest absolute Gasteiger partial charge is 0.455 e. The van der Waals surface area contributed by atoms with Gasteiger partial charge in [0.05, 0.1) is 22.1 Å². The van der Waals surface area contributed by atoms with Gasteiger partial charge in [-0.1, -0.05) is 127 Å². The molecule has 238 valence electrons. The molecule has 3 aromatic heterocycles. The van der Waals surface area contributed by atoms with E-state index < -0.39 is 0 Å². The van der Waals surface area contributed by atoms with Crippen molar-refractivity contribution in [3.63, 3.8) is 0 Å². The monoisotopic (exact) mass is 650 g/mol. The van der Waals surface area contributed by atoms with E-state index in [-0.39, 0.29) is 0 Å². The Morgan fingerprint density at radius 3 is 1.45 bits per heavy atom. The van der Waals surface area contributed by atoms with Crippen LogP contribution >= 0.6 is 0 Å². The Hall–Kier alpha value is -6.84. The van der Waals surface area contributed by atoms with Crippen molar-refractivity contribution >= 4 is 65.6 Å². The first-order valence-corrected chi connectivity index (χ1v) is 17.4. The summed E-state index contributed by atoms with van der Waals surface area (Å²) in [5.74, 6) is 0. The average molecular weight is 651 g/mol. The highest BCUT2D eigenvalue weighted by molar-refractivity contribution is 6.28. The van der Waals surface area contributed by atoms with Crippen molar-refractivity contribution in [3.8, 4) is 33.6 Å². The van der Waals surface area contributed by atoms with Gasteiger partial charge < -0.3 is 13.6 Å². The molecule has 0 unspecified atom stereocenters. The molecule has 0 aliphatic rings. The molecule has 3 heterocycles. The quantitative estimate of drug-likeness (QED) is 0.186. The third-order valence-corrected chi connectivity index (χ3v) is 10.5. The fraction of sp³-hybridized carbons (Fsp3) is 0. The Morgan fingerprint density at radius 2 is 0.804 bits per heavy atom. The van der Waals surface area contributed by atoms with Gasteiger partial charge >= 0.3 is 0 Å². The Bertz CT molecular complexity index is 3100. The second-order valence-electron chi connectivity index (χ2n) is 13.3. The Balaban J connectivity index is 1.03. The summed E-state index contributed by atoms with van der Waals surface area (Å²) in [5.41, 5.74) is 13.6. The third-order valence-electron chi connectivity index (χ3n) is 10.5. The zero-order valence-corrected chi connectivity index (χ0v) is 27.6. The maximum absolute atomic E-state index is 6.33. The molecule has 0 bridgehead atoms. The number of hydrogen-bond donors (Lipinski definition) is 0. The Morgan fingerprint density at radius 1 is 0.314 bits per heavy atom. The van der Waals surface area contributed by atoms with Crippen LogP contribution in [-0.4, -0.2) is 9.13 Å². The van der Waals surface area contributed by atoms with Crippen LogP contribution in [-0.2, 0) is 0 Å². The molecule has 11 rings (SSSR count). The zero-order chi connectivity index (χ0) is 33.5. The number of aromatic nitrogens is 2. The van der Waals surface area contributed by atoms with Crippen LogP contribution in [0.1, 0.15) is 0 Å². The van der Waals surface area contributed by atoms with Crippen LogP contribution in [0.25, 0.3) is 99.2 Å². The van der Waals surface area contributed by atoms with Crippen molar-refractivity contribution in [2.45, 2.75) is 0 Å². The average Bonchev–Trinajstić information content (AvgIpc) is 3.86. The maximum atomic E-state index is 6.33. The highest BCUT2D eigenvalue weighted by atomic mass is 16.3. The van der Waals surface area contributed by atoms with Gasteiger partial charge in [-0.2, -0.15) is 0 Å². The predicted octanol–water partition coefficient (Wildman–Crippen LogP) is 13.1. The van der Waals surface area contributed by atoms with Gasteiger partial charge in [-0.3, -0.25) is 0 Å². The van der Waals surface area contributed by atoms with Crippen molar-refractivity contribution in [1.29, 1.82) is 0 Å². The highest BCUT2D eigenvalue weighted by Crippen LogP contribution is 2.42. The highest BCUT2D eigenvalue weighted by Gasteiger charge is 2.20. The minimum absolute atomic E-state index is 0.920. The van der Waals surface area contributed by atoms with E-state index >= 15 is 0 Å². The van der Waals surface area contributed by atoms with Crippen LogP contribution < -0.4 is 0 Å². The number of fused-ring (bicyclic) bond motifs is 10. The van der Waals surface area contributed by atoms with Crippen LogP contribution in [0.2, 0.25) is 0 Å². The van der Waals surface area contributed by atoms with Crippen molar-refractivity contribution in [3.05, 3.63) is 182 Å². The van der Waals surface area contributed by atoms with Crippen LogP contribution in [0.4, 0.5) is 0 Å². The van der Waals surface area contributed by atoms with E-state index in [1.807, 2.05) is 12.1 Å². The van der Waals surface area contributed by atoms with Gasteiger partial charge in [-0.15, -0.1) is 0 Å². The van der Waals surface area contributed by atoms with Crippen molar-refractivity contribution in [1.82, 2.24) is 9.13 Å². The van der Waals surface area contributed by atoms with Crippen molar-refractivity contribution in [2.75, 3.05) is 0 Å². The predicted molar refractivity (Wildman–Crippen MR) is 213 cm³/mol. The van der Waals surface area contributed by atoms with Crippen LogP contribution in [0.5, 0.6) is 0 Å². The molecule has 51 heavy (non-hydrogen) atoms. The van der Waals surface area contributed by atoms with E-state index in [0.717, 1.165) is 38.8 Å². The standard InChI is InChI=1S/C48H30N2O/c1-2-11-34(12-3-1)49-41-18-7-4-14-39(41)46-43(49)29-30-44-47(46)40-15-5-8-19-42(40)50(44)35-27-25-32(26-28-35)31-21-23-33(24-22-31)36-16-10-17-38-37-13-6-9-20-45(37)51-48(36)38/h1-30H. The summed E-state index contributed by atoms with van der Waals surface area (Å²) in [6, 6.07) is 65.3. The molecule has 3 nitrogen and oxygen atoms in total. The van der Waals surface area contributed by atoms with Gasteiger partial charge in [-0.25, -0.2) is 0 Å². The molecule has 0 aliphatic carbocycles. The van der Waals surface area contributed by atoms with Gasteiger partial charge in [0.1, 0.15) is 11.2 Å². The third kappa shape index (κ3) is 4.12. The minimum Gasteiger partial charge on any atom is -0.455 e. The molecule has 0 radical (unpaired) electrons. The lowest BCUT2D eigenvalue weighted by atomic mass is 9.98. The number of benzene rings is 8. The smallest absolute Gasteiger partial charge is 0.143 e. The Kier molecular flexibility index (Phi) is 5.96. The van der Waals surface area contributed by atoms with E-state index in [1.165, 1.54) is 60.4 Å². The summed E-state index contributed by atoms with van der Waals surface area (Å²) in [5, 5.41) is 7.40. The van der Waals surface area contributed by atoms with E-state index in [4.69, 9.17) is 4.42 Å². The number of hydrogen-bond acceptors (Lipinski definition) is 1. The molecular formula is C48H30N2O. The fourth-order valence-electron chi connectivity index (χ4n) is 8.27. The summed E-state index contributed by atoms with van der Waals surface area (Å²) < 4.78 is 11.1. The van der Waals surface area contributed by atoms with Gasteiger partial charge in [0.2, 0.25) is 0 Å². The number of furan rings is 1. The summed E-state index contributed by atoms with van der Waals surface area (Å²) in [7, 11) is 0. The van der Waals surface area contributed by atoms with Crippen molar-refractivity contribution < 1.29 is 4.42 Å². The SMILES string of the molecule is c1ccc(-n2c3ccccc3c3c4c5ccccc5n(-c5ccc(-c6ccc(-c7cccc8c7oc7ccccc78)cc6)cc5)c4ccc32)cc1. The molecule has 0 atom stereocenters. The number of para-hydroxylation sites is 5. The lowest BCUT2D eigenvalue weighted by Gasteiger charge is -2.11. The number of nitrogens with zero attached hydrogens (tertiary/aromatic N) is 2. The lowest BCUT2D eigenvalue weighted by molar-refractivity contribution is 0.670. The normalized spacial score (nSPS) is 11.9. The van der Waals surface area contributed by atoms with E-state index in [2.05, 4.69) is 179 Å². The molecule has 0 saturated heterocycles. The Labute approximate surface area is 293 Å². The fourth-order valence-corrected chi connectivity index (χ4v) is 8.27. The van der Waals surface area contributed by atoms with Gasteiger partial charge in [0.25, 0.3) is 0 Å². The first kappa shape index (κ1) is 28.0. The van der Waals surface area contributed by atoms with E-state index in [9.17, 15) is 0 Å². The lowest BCUT2D eigenvalue weighted by Crippen LogP contribution is -1.94. The first-order chi connectivity index (χ1) is 25.3. The van der Waals surface area contributed by atoms with E-state index in [1.54, 1.807) is 0 Å². The topological polar surface area (TPSA) is 23.0 Å². The molecule has 0 amide bonds.